The quantitative estimate of drug-likeness (QED) is 0.404. The van der Waals surface area contributed by atoms with Crippen molar-refractivity contribution in [1.82, 2.24) is 14.7 Å². The highest BCUT2D eigenvalue weighted by Gasteiger charge is 2.51. The summed E-state index contributed by atoms with van der Waals surface area (Å²) in [4.78, 5) is 20.8. The molecule has 0 aromatic rings. The van der Waals surface area contributed by atoms with Crippen molar-refractivity contribution < 1.29 is 34.0 Å². The fourth-order valence-corrected chi connectivity index (χ4v) is 8.42. The molecule has 10 heteroatoms. The SMILES string of the molecule is CO[C@]1(C)C[C@@H](C)CN(C)[C@@H](C2CCN(CC3CC3)CC2)COC(=O)C(C)(C)C(O)[C@H](C)[C@H]1O[C@@H]1O[C@H](C)C[C@H](N(C)C)[C@H]1O. The topological polar surface area (TPSA) is 104 Å². The summed E-state index contributed by atoms with van der Waals surface area (Å²) in [5.41, 5.74) is -2.03. The number of methoxy groups -OCH3 is 1. The van der Waals surface area contributed by atoms with E-state index in [0.29, 0.717) is 25.4 Å². The van der Waals surface area contributed by atoms with Gasteiger partial charge in [0.15, 0.2) is 6.29 Å². The van der Waals surface area contributed by atoms with Gasteiger partial charge in [-0.05, 0) is 118 Å². The van der Waals surface area contributed by atoms with Gasteiger partial charge >= 0.3 is 5.97 Å². The fraction of sp³-hybridized carbons (Fsp3) is 0.971. The van der Waals surface area contributed by atoms with Crippen LogP contribution < -0.4 is 0 Å². The number of carbonyl (C=O) groups is 1. The first kappa shape index (κ1) is 37.0. The molecule has 4 rings (SSSR count). The molecule has 4 aliphatic rings. The molecule has 2 N–H and O–H groups in total. The first-order valence-corrected chi connectivity index (χ1v) is 17.6. The largest absolute Gasteiger partial charge is 0.464 e. The number of esters is 1. The third-order valence-corrected chi connectivity index (χ3v) is 11.6. The van der Waals surface area contributed by atoms with Gasteiger partial charge in [-0.25, -0.2) is 0 Å². The van der Waals surface area contributed by atoms with Crippen molar-refractivity contribution in [2.45, 2.75) is 128 Å². The van der Waals surface area contributed by atoms with E-state index >= 15 is 0 Å². The third kappa shape index (κ3) is 8.79. The number of likely N-dealkylation sites (tertiary alicyclic amines) is 1. The Morgan fingerprint density at radius 2 is 1.69 bits per heavy atom. The summed E-state index contributed by atoms with van der Waals surface area (Å²) in [5.74, 6) is 0.584. The monoisotopic (exact) mass is 639 g/mol. The lowest BCUT2D eigenvalue weighted by molar-refractivity contribution is -0.302. The smallest absolute Gasteiger partial charge is 0.314 e. The molecular weight excluding hydrogens is 574 g/mol. The Kier molecular flexibility index (Phi) is 12.4. The van der Waals surface area contributed by atoms with Gasteiger partial charge in [-0.2, -0.15) is 0 Å². The number of rotatable bonds is 7. The zero-order valence-corrected chi connectivity index (χ0v) is 29.9. The molecule has 0 aromatic carbocycles. The summed E-state index contributed by atoms with van der Waals surface area (Å²) < 4.78 is 25.3. The van der Waals surface area contributed by atoms with Gasteiger partial charge in [0.05, 0.1) is 29.3 Å². The Morgan fingerprint density at radius 1 is 1.04 bits per heavy atom. The number of hydrogen-bond acceptors (Lipinski definition) is 10. The third-order valence-electron chi connectivity index (χ3n) is 11.6. The molecule has 0 amide bonds. The van der Waals surface area contributed by atoms with Crippen LogP contribution in [0.3, 0.4) is 0 Å². The van der Waals surface area contributed by atoms with E-state index in [1.54, 1.807) is 21.0 Å². The number of piperidine rings is 1. The molecule has 0 aromatic heterocycles. The molecule has 3 heterocycles. The molecule has 4 fully saturated rings. The van der Waals surface area contributed by atoms with Crippen molar-refractivity contribution in [3.8, 4) is 0 Å². The van der Waals surface area contributed by atoms with Crippen LogP contribution in [0, 0.1) is 29.1 Å². The van der Waals surface area contributed by atoms with Crippen molar-refractivity contribution in [3.05, 3.63) is 0 Å². The van der Waals surface area contributed by atoms with Crippen molar-refractivity contribution in [2.75, 3.05) is 61.0 Å². The number of carbonyl (C=O) groups excluding carboxylic acids is 1. The minimum absolute atomic E-state index is 0.0988. The van der Waals surface area contributed by atoms with Gasteiger partial charge in [-0.3, -0.25) is 9.69 Å². The van der Waals surface area contributed by atoms with Gasteiger partial charge < -0.3 is 39.0 Å². The molecule has 10 atom stereocenters. The van der Waals surface area contributed by atoms with Crippen LogP contribution in [0.25, 0.3) is 0 Å². The molecule has 262 valence electrons. The number of cyclic esters (lactones) is 1. The lowest BCUT2D eigenvalue weighted by Crippen LogP contribution is -2.60. The molecule has 0 radical (unpaired) electrons. The highest BCUT2D eigenvalue weighted by atomic mass is 16.7. The molecule has 3 aliphatic heterocycles. The zero-order chi connectivity index (χ0) is 33.3. The molecule has 10 nitrogen and oxygen atoms in total. The van der Waals surface area contributed by atoms with Crippen molar-refractivity contribution in [1.29, 1.82) is 0 Å². The van der Waals surface area contributed by atoms with E-state index in [1.165, 1.54) is 19.4 Å². The van der Waals surface area contributed by atoms with E-state index in [1.807, 2.05) is 39.8 Å². The van der Waals surface area contributed by atoms with E-state index in [2.05, 4.69) is 23.8 Å². The Labute approximate surface area is 273 Å². The van der Waals surface area contributed by atoms with Crippen LogP contribution in [0.1, 0.15) is 80.1 Å². The van der Waals surface area contributed by atoms with E-state index in [9.17, 15) is 15.0 Å². The minimum Gasteiger partial charge on any atom is -0.464 e. The summed E-state index contributed by atoms with van der Waals surface area (Å²) in [6.07, 6.45) is 2.59. The molecule has 0 bridgehead atoms. The Bertz CT molecular complexity index is 956. The van der Waals surface area contributed by atoms with E-state index in [-0.39, 0.29) is 24.1 Å². The van der Waals surface area contributed by atoms with E-state index < -0.39 is 47.5 Å². The Balaban J connectivity index is 1.60. The standard InChI is InChI=1S/C35H65N3O7/c1-22-18-35(6,42-10)31(45-32-29(39)27(36(7)8)17-23(2)44-32)24(3)30(40)34(4,5)33(41)43-21-28(37(9)19-22)26-13-15-38(16-14-26)20-25-11-12-25/h22-32,39-40H,11-21H2,1-10H3/t22-,23-,24+,27+,28-,29-,30?,31-,32+,35-/m1/s1. The summed E-state index contributed by atoms with van der Waals surface area (Å²) in [5, 5.41) is 23.2. The second-order valence-electron chi connectivity index (χ2n) is 16.2. The lowest BCUT2D eigenvalue weighted by Gasteiger charge is -2.48. The maximum Gasteiger partial charge on any atom is 0.314 e. The maximum absolute atomic E-state index is 13.8. The van der Waals surface area contributed by atoms with E-state index in [0.717, 1.165) is 38.4 Å². The fourth-order valence-electron chi connectivity index (χ4n) is 8.42. The van der Waals surface area contributed by atoms with Crippen molar-refractivity contribution >= 4 is 5.97 Å². The average molecular weight is 640 g/mol. The first-order valence-electron chi connectivity index (χ1n) is 17.6. The highest BCUT2D eigenvalue weighted by Crippen LogP contribution is 2.40. The van der Waals surface area contributed by atoms with Gasteiger partial charge in [-0.1, -0.05) is 13.8 Å². The Hall–Kier alpha value is -0.850. The second kappa shape index (κ2) is 15.1. The van der Waals surface area contributed by atoms with Gasteiger partial charge in [0.25, 0.3) is 0 Å². The molecule has 1 aliphatic carbocycles. The number of hydrogen-bond donors (Lipinski definition) is 2. The predicted octanol–water partition coefficient (Wildman–Crippen LogP) is 3.23. The van der Waals surface area contributed by atoms with Gasteiger partial charge in [0.2, 0.25) is 0 Å². The van der Waals surface area contributed by atoms with Crippen LogP contribution in [-0.2, 0) is 23.7 Å². The van der Waals surface area contributed by atoms with Gasteiger partial charge in [0.1, 0.15) is 12.7 Å². The average Bonchev–Trinajstić information content (AvgIpc) is 3.80. The van der Waals surface area contributed by atoms with Crippen LogP contribution in [0.4, 0.5) is 0 Å². The molecular formula is C35H65N3O7. The summed E-state index contributed by atoms with van der Waals surface area (Å²) in [7, 11) is 7.74. The first-order chi connectivity index (χ1) is 21.1. The molecule has 1 unspecified atom stereocenters. The number of ether oxygens (including phenoxy) is 4. The van der Waals surface area contributed by atoms with Gasteiger partial charge in [0, 0.05) is 38.2 Å². The number of nitrogens with zero attached hydrogens (tertiary/aromatic N) is 3. The molecule has 3 saturated heterocycles. The minimum atomic E-state index is -1.20. The number of aliphatic hydroxyl groups excluding tert-OH is 2. The van der Waals surface area contributed by atoms with Crippen LogP contribution in [0.2, 0.25) is 0 Å². The molecule has 1 saturated carbocycles. The van der Waals surface area contributed by atoms with Crippen molar-refractivity contribution in [3.63, 3.8) is 0 Å². The van der Waals surface area contributed by atoms with Crippen molar-refractivity contribution in [2.24, 2.45) is 29.1 Å². The van der Waals surface area contributed by atoms with Crippen LogP contribution in [-0.4, -0.2) is 140 Å². The summed E-state index contributed by atoms with van der Waals surface area (Å²) in [6.45, 7) is 16.2. The summed E-state index contributed by atoms with van der Waals surface area (Å²) >= 11 is 0. The normalized spacial score (nSPS) is 42.1. The summed E-state index contributed by atoms with van der Waals surface area (Å²) in [6, 6.07) is -0.0410. The van der Waals surface area contributed by atoms with Crippen LogP contribution in [0.15, 0.2) is 0 Å². The van der Waals surface area contributed by atoms with Gasteiger partial charge in [-0.15, -0.1) is 0 Å². The molecule has 45 heavy (non-hydrogen) atoms. The number of aliphatic hydroxyl groups is 2. The van der Waals surface area contributed by atoms with E-state index in [4.69, 9.17) is 18.9 Å². The predicted molar refractivity (Wildman–Crippen MR) is 175 cm³/mol. The van der Waals surface area contributed by atoms with Crippen LogP contribution in [0.5, 0.6) is 0 Å². The Morgan fingerprint density at radius 3 is 2.27 bits per heavy atom. The molecule has 0 spiro atoms. The second-order valence-corrected chi connectivity index (χ2v) is 16.2. The highest BCUT2D eigenvalue weighted by molar-refractivity contribution is 5.76. The number of likely N-dealkylation sites (N-methyl/N-ethyl adjacent to an activating group) is 2. The van der Waals surface area contributed by atoms with Crippen LogP contribution >= 0.6 is 0 Å². The maximum atomic E-state index is 13.8. The zero-order valence-electron chi connectivity index (χ0n) is 29.9. The lowest BCUT2D eigenvalue weighted by atomic mass is 9.73.